The van der Waals surface area contributed by atoms with Crippen LogP contribution < -0.4 is 11.1 Å². The minimum absolute atomic E-state index is 0.00267. The van der Waals surface area contributed by atoms with Gasteiger partial charge in [-0.05, 0) is 18.6 Å². The fourth-order valence-electron chi connectivity index (χ4n) is 1.62. The molecule has 3 nitrogen and oxygen atoms in total. The fourth-order valence-corrected chi connectivity index (χ4v) is 1.62. The summed E-state index contributed by atoms with van der Waals surface area (Å²) in [5.74, 6) is -0.543. The van der Waals surface area contributed by atoms with Crippen molar-refractivity contribution in [3.63, 3.8) is 0 Å². The number of para-hydroxylation sites is 1. The average Bonchev–Trinajstić information content (AvgIpc) is 2.26. The van der Waals surface area contributed by atoms with E-state index in [2.05, 4.69) is 5.32 Å². The molecule has 3 N–H and O–H groups in total. The molecule has 0 heterocycles. The molecule has 0 fully saturated rings. The fraction of sp³-hybridized carbons (Fsp3) is 0.417. The number of halogens is 3. The molecule has 0 saturated carbocycles. The number of hydrogen-bond donors (Lipinski definition) is 2. The van der Waals surface area contributed by atoms with Crippen molar-refractivity contribution in [1.29, 1.82) is 0 Å². The number of alkyl halides is 3. The van der Waals surface area contributed by atoms with Crippen molar-refractivity contribution < 1.29 is 18.0 Å². The van der Waals surface area contributed by atoms with Gasteiger partial charge in [0.1, 0.15) is 0 Å². The maximum Gasteiger partial charge on any atom is 0.418 e. The third kappa shape index (κ3) is 3.94. The standard InChI is InChI=1S/C12H15F3N2O/c1-2-8(7-11(16)18)17-10-6-4-3-5-9(10)12(13,14)15/h3-6,8,17H,2,7H2,1H3,(H2,16,18). The van der Waals surface area contributed by atoms with E-state index in [1.807, 2.05) is 0 Å². The summed E-state index contributed by atoms with van der Waals surface area (Å²) < 4.78 is 38.2. The van der Waals surface area contributed by atoms with Crippen molar-refractivity contribution in [2.75, 3.05) is 5.32 Å². The molecule has 1 unspecified atom stereocenters. The summed E-state index contributed by atoms with van der Waals surface area (Å²) in [5, 5.41) is 2.71. The van der Waals surface area contributed by atoms with Crippen LogP contribution in [0.15, 0.2) is 24.3 Å². The molecule has 0 aromatic heterocycles. The molecular weight excluding hydrogens is 245 g/mol. The second-order valence-corrected chi connectivity index (χ2v) is 3.96. The number of nitrogens with one attached hydrogen (secondary N) is 1. The Balaban J connectivity index is 2.92. The highest BCUT2D eigenvalue weighted by molar-refractivity contribution is 5.75. The average molecular weight is 260 g/mol. The second-order valence-electron chi connectivity index (χ2n) is 3.96. The number of carbonyl (C=O) groups is 1. The van der Waals surface area contributed by atoms with Gasteiger partial charge < -0.3 is 11.1 Å². The minimum Gasteiger partial charge on any atom is -0.381 e. The molecule has 6 heteroatoms. The summed E-state index contributed by atoms with van der Waals surface area (Å²) in [5.41, 5.74) is 4.27. The Labute approximate surface area is 103 Å². The zero-order valence-corrected chi connectivity index (χ0v) is 9.92. The van der Waals surface area contributed by atoms with Crippen LogP contribution >= 0.6 is 0 Å². The van der Waals surface area contributed by atoms with Crippen molar-refractivity contribution in [3.05, 3.63) is 29.8 Å². The van der Waals surface area contributed by atoms with Gasteiger partial charge in [-0.3, -0.25) is 4.79 Å². The first kappa shape index (κ1) is 14.3. The van der Waals surface area contributed by atoms with Crippen LogP contribution in [0.2, 0.25) is 0 Å². The summed E-state index contributed by atoms with van der Waals surface area (Å²) in [4.78, 5) is 10.8. The summed E-state index contributed by atoms with van der Waals surface area (Å²) in [6.45, 7) is 1.77. The molecule has 1 atom stereocenters. The third-order valence-electron chi connectivity index (χ3n) is 2.53. The largest absolute Gasteiger partial charge is 0.418 e. The Morgan fingerprint density at radius 2 is 2.00 bits per heavy atom. The van der Waals surface area contributed by atoms with Crippen LogP contribution in [0, 0.1) is 0 Å². The molecule has 100 valence electrons. The topological polar surface area (TPSA) is 55.1 Å². The highest BCUT2D eigenvalue weighted by Gasteiger charge is 2.33. The second kappa shape index (κ2) is 5.75. The first-order chi connectivity index (χ1) is 8.34. The lowest BCUT2D eigenvalue weighted by molar-refractivity contribution is -0.137. The van der Waals surface area contributed by atoms with Gasteiger partial charge >= 0.3 is 6.18 Å². The van der Waals surface area contributed by atoms with Gasteiger partial charge in [-0.2, -0.15) is 13.2 Å². The summed E-state index contributed by atoms with van der Waals surface area (Å²) >= 11 is 0. The Hall–Kier alpha value is -1.72. The summed E-state index contributed by atoms with van der Waals surface area (Å²) in [6, 6.07) is 4.77. The van der Waals surface area contributed by atoms with Gasteiger partial charge in [-0.25, -0.2) is 0 Å². The molecule has 1 aromatic carbocycles. The number of hydrogen-bond acceptors (Lipinski definition) is 2. The maximum absolute atomic E-state index is 12.7. The van der Waals surface area contributed by atoms with Crippen molar-refractivity contribution in [2.45, 2.75) is 32.0 Å². The molecule has 18 heavy (non-hydrogen) atoms. The van der Waals surface area contributed by atoms with Gasteiger partial charge in [0.15, 0.2) is 0 Å². The molecule has 0 bridgehead atoms. The zero-order valence-electron chi connectivity index (χ0n) is 9.92. The molecule has 1 rings (SSSR count). The van der Waals surface area contributed by atoms with Crippen LogP contribution in [0.5, 0.6) is 0 Å². The number of benzene rings is 1. The Kier molecular flexibility index (Phi) is 4.58. The molecule has 0 aliphatic carbocycles. The molecule has 0 aliphatic rings. The number of carbonyl (C=O) groups excluding carboxylic acids is 1. The van der Waals surface area contributed by atoms with Crippen LogP contribution in [-0.4, -0.2) is 11.9 Å². The predicted molar refractivity (Wildman–Crippen MR) is 63.0 cm³/mol. The molecule has 1 aromatic rings. The summed E-state index contributed by atoms with van der Waals surface area (Å²) in [6.07, 6.45) is -3.91. The Bertz CT molecular complexity index is 418. The SMILES string of the molecule is CCC(CC(N)=O)Nc1ccccc1C(F)(F)F. The third-order valence-corrected chi connectivity index (χ3v) is 2.53. The normalized spacial score (nSPS) is 13.1. The number of amides is 1. The molecule has 0 saturated heterocycles. The van der Waals surface area contributed by atoms with E-state index in [1.54, 1.807) is 6.92 Å². The molecule has 0 aliphatic heterocycles. The maximum atomic E-state index is 12.7. The predicted octanol–water partition coefficient (Wildman–Crippen LogP) is 2.77. The van der Waals surface area contributed by atoms with Gasteiger partial charge in [-0.15, -0.1) is 0 Å². The van der Waals surface area contributed by atoms with Crippen LogP contribution in [0.3, 0.4) is 0 Å². The smallest absolute Gasteiger partial charge is 0.381 e. The van der Waals surface area contributed by atoms with E-state index in [0.717, 1.165) is 6.07 Å². The number of primary amides is 1. The van der Waals surface area contributed by atoms with Gasteiger partial charge in [0, 0.05) is 18.2 Å². The summed E-state index contributed by atoms with van der Waals surface area (Å²) in [7, 11) is 0. The van der Waals surface area contributed by atoms with Crippen LogP contribution in [0.4, 0.5) is 18.9 Å². The van der Waals surface area contributed by atoms with Gasteiger partial charge in [-0.1, -0.05) is 19.1 Å². The van der Waals surface area contributed by atoms with E-state index in [-0.39, 0.29) is 12.1 Å². The van der Waals surface area contributed by atoms with Crippen molar-refractivity contribution in [3.8, 4) is 0 Å². The van der Waals surface area contributed by atoms with Gasteiger partial charge in [0.2, 0.25) is 5.91 Å². The van der Waals surface area contributed by atoms with E-state index in [4.69, 9.17) is 5.73 Å². The Morgan fingerprint density at radius 1 is 1.39 bits per heavy atom. The van der Waals surface area contributed by atoms with Crippen LogP contribution in [0.25, 0.3) is 0 Å². The van der Waals surface area contributed by atoms with Gasteiger partial charge in [0.05, 0.1) is 5.56 Å². The lowest BCUT2D eigenvalue weighted by Gasteiger charge is -2.20. The first-order valence-corrected chi connectivity index (χ1v) is 5.55. The van der Waals surface area contributed by atoms with E-state index in [1.165, 1.54) is 18.2 Å². The molecule has 0 radical (unpaired) electrons. The van der Waals surface area contributed by atoms with Crippen molar-refractivity contribution >= 4 is 11.6 Å². The quantitative estimate of drug-likeness (QED) is 0.855. The Morgan fingerprint density at radius 3 is 2.50 bits per heavy atom. The number of rotatable bonds is 5. The van der Waals surface area contributed by atoms with Crippen LogP contribution in [-0.2, 0) is 11.0 Å². The minimum atomic E-state index is -4.42. The molecular formula is C12H15F3N2O. The lowest BCUT2D eigenvalue weighted by Crippen LogP contribution is -2.27. The van der Waals surface area contributed by atoms with Gasteiger partial charge in [0.25, 0.3) is 0 Å². The number of anilines is 1. The molecule has 0 spiro atoms. The first-order valence-electron chi connectivity index (χ1n) is 5.55. The zero-order chi connectivity index (χ0) is 13.8. The monoisotopic (exact) mass is 260 g/mol. The van der Waals surface area contributed by atoms with E-state index in [0.29, 0.717) is 6.42 Å². The van der Waals surface area contributed by atoms with E-state index in [9.17, 15) is 18.0 Å². The number of nitrogens with two attached hydrogens (primary N) is 1. The van der Waals surface area contributed by atoms with E-state index < -0.39 is 23.7 Å². The lowest BCUT2D eigenvalue weighted by atomic mass is 10.1. The van der Waals surface area contributed by atoms with E-state index >= 15 is 0 Å². The van der Waals surface area contributed by atoms with Crippen LogP contribution in [0.1, 0.15) is 25.3 Å². The highest BCUT2D eigenvalue weighted by atomic mass is 19.4. The molecule has 1 amide bonds. The highest BCUT2D eigenvalue weighted by Crippen LogP contribution is 2.35. The van der Waals surface area contributed by atoms with Crippen molar-refractivity contribution in [2.24, 2.45) is 5.73 Å². The van der Waals surface area contributed by atoms with Crippen molar-refractivity contribution in [1.82, 2.24) is 0 Å².